The molecule has 0 N–H and O–H groups in total. The fourth-order valence-corrected chi connectivity index (χ4v) is 2.06. The number of alkyl halides is 1. The monoisotopic (exact) mass is 267 g/mol. The van der Waals surface area contributed by atoms with E-state index < -0.39 is 6.48 Å². The number of hydrogen-bond acceptors (Lipinski definition) is 4. The predicted molar refractivity (Wildman–Crippen MR) is 68.5 cm³/mol. The SMILES string of the molecule is COC(=O)Cc1ccc(OC(F)N2CCCC2)cc1. The Labute approximate surface area is 112 Å². The largest absolute Gasteiger partial charge is 0.469 e. The van der Waals surface area contributed by atoms with Crippen molar-refractivity contribution in [2.45, 2.75) is 25.7 Å². The van der Waals surface area contributed by atoms with Crippen molar-refractivity contribution in [3.05, 3.63) is 29.8 Å². The number of nitrogens with zero attached hydrogens (tertiary/aromatic N) is 1. The van der Waals surface area contributed by atoms with Gasteiger partial charge in [-0.2, -0.15) is 4.39 Å². The van der Waals surface area contributed by atoms with Crippen molar-refractivity contribution in [2.24, 2.45) is 0 Å². The lowest BCUT2D eigenvalue weighted by atomic mass is 10.1. The maximum absolute atomic E-state index is 13.8. The Balaban J connectivity index is 1.89. The number of rotatable bonds is 5. The van der Waals surface area contributed by atoms with Gasteiger partial charge >= 0.3 is 5.97 Å². The molecule has 1 heterocycles. The Morgan fingerprint density at radius 1 is 1.32 bits per heavy atom. The maximum Gasteiger partial charge on any atom is 0.309 e. The molecule has 2 rings (SSSR count). The molecular formula is C14H18FNO3. The number of ether oxygens (including phenoxy) is 2. The molecule has 0 saturated carbocycles. The number of esters is 1. The van der Waals surface area contributed by atoms with Gasteiger partial charge in [0.2, 0.25) is 0 Å². The minimum Gasteiger partial charge on any atom is -0.469 e. The molecule has 1 saturated heterocycles. The lowest BCUT2D eigenvalue weighted by molar-refractivity contribution is -0.139. The summed E-state index contributed by atoms with van der Waals surface area (Å²) in [6, 6.07) is 6.81. The van der Waals surface area contributed by atoms with Gasteiger partial charge in [-0.25, -0.2) is 4.90 Å². The van der Waals surface area contributed by atoms with Crippen LogP contribution in [0.2, 0.25) is 0 Å². The topological polar surface area (TPSA) is 38.8 Å². The van der Waals surface area contributed by atoms with Gasteiger partial charge in [0.05, 0.1) is 13.5 Å². The van der Waals surface area contributed by atoms with Crippen molar-refractivity contribution in [3.63, 3.8) is 0 Å². The van der Waals surface area contributed by atoms with Crippen LogP contribution in [-0.2, 0) is 16.0 Å². The summed E-state index contributed by atoms with van der Waals surface area (Å²) in [6.45, 7) is 0.0809. The summed E-state index contributed by atoms with van der Waals surface area (Å²) in [4.78, 5) is 12.8. The highest BCUT2D eigenvalue weighted by atomic mass is 19.1. The van der Waals surface area contributed by atoms with Crippen LogP contribution in [0.4, 0.5) is 4.39 Å². The Bertz CT molecular complexity index is 415. The zero-order chi connectivity index (χ0) is 13.7. The summed E-state index contributed by atoms with van der Waals surface area (Å²) < 4.78 is 23.6. The lowest BCUT2D eigenvalue weighted by Crippen LogP contribution is -2.33. The minimum atomic E-state index is -1.39. The zero-order valence-corrected chi connectivity index (χ0v) is 11.0. The number of likely N-dealkylation sites (tertiary alicyclic amines) is 1. The van der Waals surface area contributed by atoms with Gasteiger partial charge in [-0.3, -0.25) is 4.79 Å². The third-order valence-corrected chi connectivity index (χ3v) is 3.16. The third-order valence-electron chi connectivity index (χ3n) is 3.16. The third kappa shape index (κ3) is 3.92. The quantitative estimate of drug-likeness (QED) is 0.605. The first-order chi connectivity index (χ1) is 9.19. The van der Waals surface area contributed by atoms with Gasteiger partial charge in [0.1, 0.15) is 5.75 Å². The number of hydrogen-bond donors (Lipinski definition) is 0. The molecule has 0 spiro atoms. The molecule has 0 radical (unpaired) electrons. The van der Waals surface area contributed by atoms with Crippen molar-refractivity contribution >= 4 is 5.97 Å². The molecule has 1 aromatic carbocycles. The van der Waals surface area contributed by atoms with E-state index in [4.69, 9.17) is 4.74 Å². The van der Waals surface area contributed by atoms with Crippen LogP contribution in [0.3, 0.4) is 0 Å². The molecule has 0 bridgehead atoms. The molecule has 19 heavy (non-hydrogen) atoms. The van der Waals surface area contributed by atoms with Gasteiger partial charge in [-0.1, -0.05) is 12.1 Å². The van der Waals surface area contributed by atoms with Crippen LogP contribution in [-0.4, -0.2) is 37.6 Å². The van der Waals surface area contributed by atoms with Crippen molar-refractivity contribution in [1.82, 2.24) is 4.90 Å². The molecular weight excluding hydrogens is 249 g/mol. The number of carbonyl (C=O) groups is 1. The van der Waals surface area contributed by atoms with Crippen molar-refractivity contribution in [3.8, 4) is 5.75 Å². The summed E-state index contributed by atoms with van der Waals surface area (Å²) in [5.41, 5.74) is 0.816. The van der Waals surface area contributed by atoms with E-state index in [-0.39, 0.29) is 12.4 Å². The zero-order valence-electron chi connectivity index (χ0n) is 11.0. The maximum atomic E-state index is 13.8. The molecule has 0 aliphatic carbocycles. The summed E-state index contributed by atoms with van der Waals surface area (Å²) >= 11 is 0. The Hall–Kier alpha value is -1.62. The molecule has 1 atom stereocenters. The van der Waals surface area contributed by atoms with Crippen LogP contribution in [0.15, 0.2) is 24.3 Å². The highest BCUT2D eigenvalue weighted by Crippen LogP contribution is 2.19. The Morgan fingerprint density at radius 2 is 1.95 bits per heavy atom. The summed E-state index contributed by atoms with van der Waals surface area (Å²) in [5, 5.41) is 0. The van der Waals surface area contributed by atoms with Gasteiger partial charge in [-0.15, -0.1) is 0 Å². The van der Waals surface area contributed by atoms with Crippen molar-refractivity contribution < 1.29 is 18.7 Å². The summed E-state index contributed by atoms with van der Waals surface area (Å²) in [5.74, 6) is 0.169. The van der Waals surface area contributed by atoms with Crippen molar-refractivity contribution in [2.75, 3.05) is 20.2 Å². The Morgan fingerprint density at radius 3 is 2.53 bits per heavy atom. The molecule has 1 aliphatic heterocycles. The van der Waals surface area contributed by atoms with E-state index in [9.17, 15) is 9.18 Å². The fraction of sp³-hybridized carbons (Fsp3) is 0.500. The molecule has 0 aromatic heterocycles. The second-order valence-electron chi connectivity index (χ2n) is 4.55. The molecule has 1 fully saturated rings. The van der Waals surface area contributed by atoms with Crippen LogP contribution >= 0.6 is 0 Å². The van der Waals surface area contributed by atoms with E-state index in [0.717, 1.165) is 31.5 Å². The van der Waals surface area contributed by atoms with E-state index in [0.29, 0.717) is 5.75 Å². The summed E-state index contributed by atoms with van der Waals surface area (Å²) in [7, 11) is 1.35. The number of halogens is 1. The highest BCUT2D eigenvalue weighted by Gasteiger charge is 2.22. The van der Waals surface area contributed by atoms with Crippen LogP contribution in [0.1, 0.15) is 18.4 Å². The first-order valence-electron chi connectivity index (χ1n) is 6.39. The minimum absolute atomic E-state index is 0.210. The lowest BCUT2D eigenvalue weighted by Gasteiger charge is -2.20. The Kier molecular flexibility index (Phi) is 4.74. The van der Waals surface area contributed by atoms with Gasteiger partial charge in [0, 0.05) is 13.1 Å². The summed E-state index contributed by atoms with van der Waals surface area (Å²) in [6.07, 6.45) is 2.24. The van der Waals surface area contributed by atoms with Crippen LogP contribution < -0.4 is 4.74 Å². The van der Waals surface area contributed by atoms with Crippen LogP contribution in [0, 0.1) is 0 Å². The van der Waals surface area contributed by atoms with Gasteiger partial charge in [0.15, 0.2) is 0 Å². The van der Waals surface area contributed by atoms with E-state index in [1.807, 2.05) is 0 Å². The van der Waals surface area contributed by atoms with Gasteiger partial charge in [0.25, 0.3) is 6.48 Å². The second kappa shape index (κ2) is 6.52. The smallest absolute Gasteiger partial charge is 0.309 e. The fourth-order valence-electron chi connectivity index (χ4n) is 2.06. The molecule has 104 valence electrons. The molecule has 1 aliphatic rings. The molecule has 1 unspecified atom stereocenters. The first kappa shape index (κ1) is 13.8. The molecule has 4 nitrogen and oxygen atoms in total. The number of methoxy groups -OCH3 is 1. The van der Waals surface area contributed by atoms with E-state index >= 15 is 0 Å². The molecule has 0 amide bonds. The average molecular weight is 267 g/mol. The average Bonchev–Trinajstić information content (AvgIpc) is 2.95. The van der Waals surface area contributed by atoms with Crippen LogP contribution in [0.25, 0.3) is 0 Å². The number of benzene rings is 1. The van der Waals surface area contributed by atoms with Crippen LogP contribution in [0.5, 0.6) is 5.75 Å². The standard InChI is InChI=1S/C14H18FNO3/c1-18-13(17)10-11-4-6-12(7-5-11)19-14(15)16-8-2-3-9-16/h4-7,14H,2-3,8-10H2,1H3. The highest BCUT2D eigenvalue weighted by molar-refractivity contribution is 5.72. The normalized spacial score (nSPS) is 17.2. The van der Waals surface area contributed by atoms with E-state index in [2.05, 4.69) is 4.74 Å². The predicted octanol–water partition coefficient (Wildman–Crippen LogP) is 2.13. The van der Waals surface area contributed by atoms with Gasteiger partial charge in [-0.05, 0) is 30.5 Å². The van der Waals surface area contributed by atoms with E-state index in [1.165, 1.54) is 7.11 Å². The van der Waals surface area contributed by atoms with E-state index in [1.54, 1.807) is 29.2 Å². The first-order valence-corrected chi connectivity index (χ1v) is 6.39. The van der Waals surface area contributed by atoms with Crippen molar-refractivity contribution in [1.29, 1.82) is 0 Å². The molecule has 5 heteroatoms. The number of carbonyl (C=O) groups excluding carboxylic acids is 1. The molecule has 1 aromatic rings. The second-order valence-corrected chi connectivity index (χ2v) is 4.55. The van der Waals surface area contributed by atoms with Gasteiger partial charge < -0.3 is 9.47 Å².